The molecule has 0 fully saturated rings. The minimum atomic E-state index is 0.740. The highest BCUT2D eigenvalue weighted by Gasteiger charge is 2.08. The van der Waals surface area contributed by atoms with E-state index in [1.54, 1.807) is 0 Å². The Morgan fingerprint density at radius 2 is 1.62 bits per heavy atom. The molecule has 4 heteroatoms. The second kappa shape index (κ2) is 7.48. The number of nitrogens with zero attached hydrogens (tertiary/aromatic N) is 2. The van der Waals surface area contributed by atoms with E-state index in [4.69, 9.17) is 16.6 Å². The van der Waals surface area contributed by atoms with Crippen molar-refractivity contribution in [3.05, 3.63) is 99.2 Å². The first-order chi connectivity index (χ1) is 12.7. The van der Waals surface area contributed by atoms with E-state index in [1.807, 2.05) is 36.4 Å². The van der Waals surface area contributed by atoms with Crippen LogP contribution in [-0.2, 0) is 6.54 Å². The number of para-hydroxylation sites is 2. The molecule has 0 spiro atoms. The van der Waals surface area contributed by atoms with E-state index in [9.17, 15) is 0 Å². The average molecular weight is 424 g/mol. The molecule has 26 heavy (non-hydrogen) atoms. The molecule has 0 saturated heterocycles. The van der Waals surface area contributed by atoms with Crippen molar-refractivity contribution >= 4 is 50.7 Å². The Labute approximate surface area is 165 Å². The fraction of sp³-hybridized carbons (Fsp3) is 0.0455. The van der Waals surface area contributed by atoms with Gasteiger partial charge in [0.25, 0.3) is 0 Å². The number of halogens is 2. The molecule has 0 saturated carbocycles. The van der Waals surface area contributed by atoms with Crippen molar-refractivity contribution in [1.29, 1.82) is 0 Å². The average Bonchev–Trinajstić information content (AvgIpc) is 3.01. The normalized spacial score (nSPS) is 11.5. The highest BCUT2D eigenvalue weighted by molar-refractivity contribution is 9.10. The molecule has 0 aliphatic carbocycles. The second-order valence-electron chi connectivity index (χ2n) is 6.06. The predicted molar refractivity (Wildman–Crippen MR) is 113 cm³/mol. The zero-order valence-electron chi connectivity index (χ0n) is 13.9. The number of aromatic nitrogens is 2. The Hall–Kier alpha value is -2.36. The molecule has 0 bridgehead atoms. The Balaban J connectivity index is 1.73. The van der Waals surface area contributed by atoms with Gasteiger partial charge in [-0.3, -0.25) is 0 Å². The minimum absolute atomic E-state index is 0.740. The van der Waals surface area contributed by atoms with E-state index < -0.39 is 0 Å². The quantitative estimate of drug-likeness (QED) is 0.358. The van der Waals surface area contributed by atoms with Crippen LogP contribution in [0.1, 0.15) is 17.0 Å². The predicted octanol–water partition coefficient (Wildman–Crippen LogP) is 6.67. The summed E-state index contributed by atoms with van der Waals surface area (Å²) in [7, 11) is 0. The molecule has 2 nitrogen and oxygen atoms in total. The lowest BCUT2D eigenvalue weighted by Crippen LogP contribution is -2.02. The monoisotopic (exact) mass is 422 g/mol. The molecule has 128 valence electrons. The van der Waals surface area contributed by atoms with Gasteiger partial charge in [0.15, 0.2) is 0 Å². The molecule has 0 unspecified atom stereocenters. The van der Waals surface area contributed by atoms with Crippen LogP contribution in [0.3, 0.4) is 0 Å². The van der Waals surface area contributed by atoms with Crippen molar-refractivity contribution in [2.45, 2.75) is 6.54 Å². The van der Waals surface area contributed by atoms with Crippen molar-refractivity contribution < 1.29 is 0 Å². The van der Waals surface area contributed by atoms with Gasteiger partial charge in [-0.15, -0.1) is 0 Å². The van der Waals surface area contributed by atoms with Gasteiger partial charge < -0.3 is 4.57 Å². The smallest absolute Gasteiger partial charge is 0.134 e. The summed E-state index contributed by atoms with van der Waals surface area (Å²) in [4.78, 5) is 4.80. The van der Waals surface area contributed by atoms with Crippen LogP contribution in [0.5, 0.6) is 0 Å². The first kappa shape index (κ1) is 17.1. The van der Waals surface area contributed by atoms with E-state index >= 15 is 0 Å². The van der Waals surface area contributed by atoms with Crippen molar-refractivity contribution in [2.24, 2.45) is 0 Å². The van der Waals surface area contributed by atoms with E-state index in [0.717, 1.165) is 38.5 Å². The van der Waals surface area contributed by atoms with Crippen LogP contribution < -0.4 is 0 Å². The lowest BCUT2D eigenvalue weighted by atomic mass is 10.2. The number of fused-ring (bicyclic) bond motifs is 1. The molecule has 4 aromatic rings. The molecule has 0 N–H and O–H groups in total. The van der Waals surface area contributed by atoms with Gasteiger partial charge in [-0.1, -0.05) is 70.0 Å². The number of rotatable bonds is 4. The van der Waals surface area contributed by atoms with Gasteiger partial charge in [0.05, 0.1) is 11.0 Å². The Morgan fingerprint density at radius 3 is 2.38 bits per heavy atom. The Morgan fingerprint density at radius 1 is 0.885 bits per heavy atom. The van der Waals surface area contributed by atoms with Crippen molar-refractivity contribution in [3.63, 3.8) is 0 Å². The maximum atomic E-state index is 5.96. The minimum Gasteiger partial charge on any atom is -0.320 e. The summed E-state index contributed by atoms with van der Waals surface area (Å²) >= 11 is 9.46. The van der Waals surface area contributed by atoms with E-state index in [2.05, 4.69) is 69.0 Å². The van der Waals surface area contributed by atoms with Crippen LogP contribution in [0.15, 0.2) is 77.3 Å². The molecule has 4 rings (SSSR count). The summed E-state index contributed by atoms with van der Waals surface area (Å²) in [5.74, 6) is 0.934. The third-order valence-corrected chi connectivity index (χ3v) is 5.01. The first-order valence-electron chi connectivity index (χ1n) is 8.32. The maximum Gasteiger partial charge on any atom is 0.134 e. The molecular weight excluding hydrogens is 408 g/mol. The third kappa shape index (κ3) is 3.74. The van der Waals surface area contributed by atoms with Gasteiger partial charge in [-0.25, -0.2) is 4.98 Å². The highest BCUT2D eigenvalue weighted by Crippen LogP contribution is 2.21. The highest BCUT2D eigenvalue weighted by atomic mass is 79.9. The van der Waals surface area contributed by atoms with Crippen LogP contribution in [0, 0.1) is 0 Å². The number of imidazole rings is 1. The topological polar surface area (TPSA) is 17.8 Å². The van der Waals surface area contributed by atoms with Gasteiger partial charge in [0.1, 0.15) is 5.82 Å². The van der Waals surface area contributed by atoms with E-state index in [-0.39, 0.29) is 0 Å². The molecule has 3 aromatic carbocycles. The Bertz CT molecular complexity index is 1060. The second-order valence-corrected chi connectivity index (χ2v) is 7.41. The summed E-state index contributed by atoms with van der Waals surface area (Å²) in [5, 5.41) is 0.740. The summed E-state index contributed by atoms with van der Waals surface area (Å²) in [6.45, 7) is 0.772. The zero-order valence-corrected chi connectivity index (χ0v) is 16.3. The molecule has 1 aromatic heterocycles. The van der Waals surface area contributed by atoms with Gasteiger partial charge in [-0.05, 0) is 53.6 Å². The van der Waals surface area contributed by atoms with Crippen LogP contribution in [0.4, 0.5) is 0 Å². The van der Waals surface area contributed by atoms with Gasteiger partial charge in [0.2, 0.25) is 0 Å². The lowest BCUT2D eigenvalue weighted by Gasteiger charge is -2.08. The number of hydrogen-bond acceptors (Lipinski definition) is 1. The molecule has 0 atom stereocenters. The maximum absolute atomic E-state index is 5.96. The SMILES string of the molecule is Clc1ccc(/C=C/c2nc3ccccc3n2Cc2ccc(Br)cc2)cc1. The summed E-state index contributed by atoms with van der Waals surface area (Å²) in [6.07, 6.45) is 4.12. The summed E-state index contributed by atoms with van der Waals surface area (Å²) in [6, 6.07) is 24.4. The third-order valence-electron chi connectivity index (χ3n) is 4.23. The largest absolute Gasteiger partial charge is 0.320 e. The van der Waals surface area contributed by atoms with Gasteiger partial charge in [-0.2, -0.15) is 0 Å². The lowest BCUT2D eigenvalue weighted by molar-refractivity contribution is 0.813. The van der Waals surface area contributed by atoms with Crippen LogP contribution in [0.2, 0.25) is 5.02 Å². The van der Waals surface area contributed by atoms with Crippen molar-refractivity contribution in [2.75, 3.05) is 0 Å². The molecule has 0 aliphatic heterocycles. The fourth-order valence-corrected chi connectivity index (χ4v) is 3.29. The van der Waals surface area contributed by atoms with E-state index in [1.165, 1.54) is 5.56 Å². The van der Waals surface area contributed by atoms with Crippen molar-refractivity contribution in [1.82, 2.24) is 9.55 Å². The zero-order chi connectivity index (χ0) is 17.9. The molecule has 0 aliphatic rings. The van der Waals surface area contributed by atoms with Crippen LogP contribution >= 0.6 is 27.5 Å². The number of benzene rings is 3. The van der Waals surface area contributed by atoms with Crippen LogP contribution in [-0.4, -0.2) is 9.55 Å². The first-order valence-corrected chi connectivity index (χ1v) is 9.49. The Kier molecular flexibility index (Phi) is 4.91. The molecular formula is C22H16BrClN2. The van der Waals surface area contributed by atoms with Crippen molar-refractivity contribution in [3.8, 4) is 0 Å². The number of hydrogen-bond donors (Lipinski definition) is 0. The molecule has 0 radical (unpaired) electrons. The van der Waals surface area contributed by atoms with Gasteiger partial charge >= 0.3 is 0 Å². The van der Waals surface area contributed by atoms with Crippen LogP contribution in [0.25, 0.3) is 23.2 Å². The van der Waals surface area contributed by atoms with Gasteiger partial charge in [0, 0.05) is 16.0 Å². The van der Waals surface area contributed by atoms with E-state index in [0.29, 0.717) is 0 Å². The molecule has 0 amide bonds. The standard InChI is InChI=1S/C22H16BrClN2/c23-18-10-5-17(6-11-18)15-26-21-4-2-1-3-20(21)25-22(26)14-9-16-7-12-19(24)13-8-16/h1-14H,15H2/b14-9+. The fourth-order valence-electron chi connectivity index (χ4n) is 2.90. The summed E-state index contributed by atoms with van der Waals surface area (Å²) in [5.41, 5.74) is 4.46. The molecule has 1 heterocycles. The summed E-state index contributed by atoms with van der Waals surface area (Å²) < 4.78 is 3.32.